The fourth-order valence-electron chi connectivity index (χ4n) is 0.772. The van der Waals surface area contributed by atoms with Crippen LogP contribution in [-0.2, 0) is 9.47 Å². The van der Waals surface area contributed by atoms with Gasteiger partial charge in [0, 0.05) is 0 Å². The predicted molar refractivity (Wildman–Crippen MR) is 35.1 cm³/mol. The van der Waals surface area contributed by atoms with E-state index in [1.165, 1.54) is 0 Å². The highest BCUT2D eigenvalue weighted by molar-refractivity contribution is 4.93. The minimum absolute atomic E-state index is 0.140. The summed E-state index contributed by atoms with van der Waals surface area (Å²) in [5.74, 6) is 0. The van der Waals surface area contributed by atoms with Crippen molar-refractivity contribution in [2.45, 2.75) is 19.6 Å². The summed E-state index contributed by atoms with van der Waals surface area (Å²) < 4.78 is 10.4. The third-order valence-corrected chi connectivity index (χ3v) is 1.23. The summed E-state index contributed by atoms with van der Waals surface area (Å²) in [7, 11) is 0. The van der Waals surface area contributed by atoms with E-state index in [0.717, 1.165) is 25.2 Å². The van der Waals surface area contributed by atoms with E-state index in [1.54, 1.807) is 0 Å². The van der Waals surface area contributed by atoms with Crippen LogP contribution in [-0.4, -0.2) is 19.5 Å². The van der Waals surface area contributed by atoms with Crippen LogP contribution in [0.25, 0.3) is 0 Å². The molecular weight excluding hydrogens is 116 g/mol. The Morgan fingerprint density at radius 1 is 1.44 bits per heavy atom. The standard InChI is InChI=1S/C7H12O2/c1-6(2)7-8-4-3-5-9-7/h7H,1,3-5H2,2H3. The van der Waals surface area contributed by atoms with Crippen molar-refractivity contribution in [2.75, 3.05) is 13.2 Å². The van der Waals surface area contributed by atoms with Crippen LogP contribution < -0.4 is 0 Å². The summed E-state index contributed by atoms with van der Waals surface area (Å²) in [4.78, 5) is 0. The molecule has 0 atom stereocenters. The SMILES string of the molecule is C=C(C)C1OCCCO1. The van der Waals surface area contributed by atoms with Crippen molar-refractivity contribution < 1.29 is 9.47 Å². The van der Waals surface area contributed by atoms with Gasteiger partial charge in [0.25, 0.3) is 0 Å². The molecule has 0 bridgehead atoms. The number of hydrogen-bond donors (Lipinski definition) is 0. The Labute approximate surface area is 55.5 Å². The molecule has 1 aliphatic rings. The van der Waals surface area contributed by atoms with Gasteiger partial charge in [0.05, 0.1) is 13.2 Å². The molecule has 0 aromatic heterocycles. The molecule has 0 aromatic rings. The first-order chi connectivity index (χ1) is 4.30. The molecular formula is C7H12O2. The van der Waals surface area contributed by atoms with Crippen molar-refractivity contribution in [3.63, 3.8) is 0 Å². The molecule has 1 aliphatic heterocycles. The Morgan fingerprint density at radius 3 is 2.33 bits per heavy atom. The molecule has 0 spiro atoms. The van der Waals surface area contributed by atoms with Crippen molar-refractivity contribution in [1.29, 1.82) is 0 Å². The van der Waals surface area contributed by atoms with Crippen LogP contribution in [0.2, 0.25) is 0 Å². The fraction of sp³-hybridized carbons (Fsp3) is 0.714. The van der Waals surface area contributed by atoms with E-state index < -0.39 is 0 Å². The van der Waals surface area contributed by atoms with Gasteiger partial charge in [-0.15, -0.1) is 0 Å². The highest BCUT2D eigenvalue weighted by Gasteiger charge is 2.13. The quantitative estimate of drug-likeness (QED) is 0.496. The lowest BCUT2D eigenvalue weighted by Gasteiger charge is -2.22. The van der Waals surface area contributed by atoms with Crippen molar-refractivity contribution in [3.8, 4) is 0 Å². The minimum atomic E-state index is -0.140. The predicted octanol–water partition coefficient (Wildman–Crippen LogP) is 1.33. The van der Waals surface area contributed by atoms with Gasteiger partial charge in [-0.1, -0.05) is 6.58 Å². The highest BCUT2D eigenvalue weighted by Crippen LogP contribution is 2.10. The van der Waals surface area contributed by atoms with Gasteiger partial charge >= 0.3 is 0 Å². The Hall–Kier alpha value is -0.340. The van der Waals surface area contributed by atoms with Crippen LogP contribution in [0.5, 0.6) is 0 Å². The topological polar surface area (TPSA) is 18.5 Å². The maximum atomic E-state index is 5.22. The van der Waals surface area contributed by atoms with Gasteiger partial charge < -0.3 is 9.47 Å². The maximum Gasteiger partial charge on any atom is 0.179 e. The lowest BCUT2D eigenvalue weighted by molar-refractivity contribution is -0.155. The highest BCUT2D eigenvalue weighted by atomic mass is 16.7. The maximum absolute atomic E-state index is 5.22. The molecule has 9 heavy (non-hydrogen) atoms. The summed E-state index contributed by atoms with van der Waals surface area (Å²) in [6, 6.07) is 0. The normalized spacial score (nSPS) is 21.9. The van der Waals surface area contributed by atoms with Gasteiger partial charge in [0.1, 0.15) is 0 Å². The van der Waals surface area contributed by atoms with Crippen molar-refractivity contribution >= 4 is 0 Å². The third-order valence-electron chi connectivity index (χ3n) is 1.23. The molecule has 0 aromatic carbocycles. The summed E-state index contributed by atoms with van der Waals surface area (Å²) in [6.45, 7) is 7.25. The molecule has 0 radical (unpaired) electrons. The Bertz CT molecular complexity index is 103. The number of ether oxygens (including phenoxy) is 2. The smallest absolute Gasteiger partial charge is 0.179 e. The molecule has 2 heteroatoms. The van der Waals surface area contributed by atoms with Gasteiger partial charge in [-0.25, -0.2) is 0 Å². The van der Waals surface area contributed by atoms with Crippen LogP contribution in [0, 0.1) is 0 Å². The molecule has 52 valence electrons. The van der Waals surface area contributed by atoms with Crippen molar-refractivity contribution in [3.05, 3.63) is 12.2 Å². The van der Waals surface area contributed by atoms with Gasteiger partial charge in [-0.3, -0.25) is 0 Å². The molecule has 0 aliphatic carbocycles. The van der Waals surface area contributed by atoms with E-state index in [4.69, 9.17) is 9.47 Å². The van der Waals surface area contributed by atoms with E-state index in [-0.39, 0.29) is 6.29 Å². The van der Waals surface area contributed by atoms with E-state index in [2.05, 4.69) is 6.58 Å². The first kappa shape index (κ1) is 6.78. The average Bonchev–Trinajstić information content (AvgIpc) is 1.90. The molecule has 1 fully saturated rings. The molecule has 1 rings (SSSR count). The molecule has 0 amide bonds. The van der Waals surface area contributed by atoms with Gasteiger partial charge in [-0.2, -0.15) is 0 Å². The third kappa shape index (κ3) is 1.80. The van der Waals surface area contributed by atoms with E-state index in [1.807, 2.05) is 6.92 Å². The second kappa shape index (κ2) is 2.99. The Balaban J connectivity index is 2.31. The minimum Gasteiger partial charge on any atom is -0.349 e. The molecule has 0 unspecified atom stereocenters. The van der Waals surface area contributed by atoms with Crippen molar-refractivity contribution in [1.82, 2.24) is 0 Å². The van der Waals surface area contributed by atoms with Gasteiger partial charge in [0.2, 0.25) is 0 Å². The summed E-state index contributed by atoms with van der Waals surface area (Å²) >= 11 is 0. The lowest BCUT2D eigenvalue weighted by Crippen LogP contribution is -2.25. The van der Waals surface area contributed by atoms with Crippen LogP contribution in [0.3, 0.4) is 0 Å². The zero-order valence-corrected chi connectivity index (χ0v) is 5.72. The zero-order chi connectivity index (χ0) is 6.69. The second-order valence-electron chi connectivity index (χ2n) is 2.27. The van der Waals surface area contributed by atoms with Gasteiger partial charge in [0.15, 0.2) is 6.29 Å². The largest absolute Gasteiger partial charge is 0.349 e. The van der Waals surface area contributed by atoms with E-state index >= 15 is 0 Å². The Kier molecular flexibility index (Phi) is 2.25. The van der Waals surface area contributed by atoms with Crippen LogP contribution in [0.15, 0.2) is 12.2 Å². The van der Waals surface area contributed by atoms with Crippen molar-refractivity contribution in [2.24, 2.45) is 0 Å². The monoisotopic (exact) mass is 128 g/mol. The van der Waals surface area contributed by atoms with E-state index in [0.29, 0.717) is 0 Å². The van der Waals surface area contributed by atoms with Crippen LogP contribution in [0.4, 0.5) is 0 Å². The molecule has 0 N–H and O–H groups in total. The summed E-state index contributed by atoms with van der Waals surface area (Å²) in [5, 5.41) is 0. The lowest BCUT2D eigenvalue weighted by atomic mass is 10.3. The van der Waals surface area contributed by atoms with Crippen LogP contribution in [0.1, 0.15) is 13.3 Å². The molecule has 0 saturated carbocycles. The molecule has 1 saturated heterocycles. The first-order valence-corrected chi connectivity index (χ1v) is 3.19. The number of hydrogen-bond acceptors (Lipinski definition) is 2. The van der Waals surface area contributed by atoms with Gasteiger partial charge in [-0.05, 0) is 18.9 Å². The molecule has 2 nitrogen and oxygen atoms in total. The Morgan fingerprint density at radius 2 is 2.00 bits per heavy atom. The average molecular weight is 128 g/mol. The van der Waals surface area contributed by atoms with Crippen LogP contribution >= 0.6 is 0 Å². The second-order valence-corrected chi connectivity index (χ2v) is 2.27. The summed E-state index contributed by atoms with van der Waals surface area (Å²) in [5.41, 5.74) is 0.953. The zero-order valence-electron chi connectivity index (χ0n) is 5.72. The molecule has 1 heterocycles. The van der Waals surface area contributed by atoms with E-state index in [9.17, 15) is 0 Å². The number of rotatable bonds is 1. The summed E-state index contributed by atoms with van der Waals surface area (Å²) in [6.07, 6.45) is 0.864. The fourth-order valence-corrected chi connectivity index (χ4v) is 0.772. The first-order valence-electron chi connectivity index (χ1n) is 3.19.